The van der Waals surface area contributed by atoms with Crippen LogP contribution in [-0.4, -0.2) is 83.9 Å². The number of ether oxygens (including phenoxy) is 2. The third-order valence-corrected chi connectivity index (χ3v) is 7.81. The van der Waals surface area contributed by atoms with E-state index in [0.29, 0.717) is 30.9 Å². The Morgan fingerprint density at radius 2 is 1.73 bits per heavy atom. The highest BCUT2D eigenvalue weighted by Crippen LogP contribution is 2.40. The van der Waals surface area contributed by atoms with Crippen molar-refractivity contribution in [2.24, 2.45) is 0 Å². The molecule has 0 spiro atoms. The molecule has 0 aliphatic carbocycles. The molecule has 202 valence electrons. The van der Waals surface area contributed by atoms with Crippen LogP contribution < -0.4 is 14.4 Å². The number of rotatable bonds is 11. The third kappa shape index (κ3) is 6.19. The molecule has 0 bridgehead atoms. The van der Waals surface area contributed by atoms with Gasteiger partial charge in [0.1, 0.15) is 0 Å². The number of fused-ring (bicyclic) bond motifs is 1. The summed E-state index contributed by atoms with van der Waals surface area (Å²) in [5.41, 5.74) is 3.80. The second-order valence-corrected chi connectivity index (χ2v) is 11.1. The molecule has 1 amide bonds. The van der Waals surface area contributed by atoms with Crippen molar-refractivity contribution in [3.63, 3.8) is 0 Å². The van der Waals surface area contributed by atoms with Gasteiger partial charge in [-0.3, -0.25) is 8.98 Å². The number of hydrogen-bond donors (Lipinski definition) is 0. The van der Waals surface area contributed by atoms with Gasteiger partial charge in [-0.1, -0.05) is 19.1 Å². The molecule has 0 aromatic heterocycles. The van der Waals surface area contributed by atoms with Gasteiger partial charge >= 0.3 is 0 Å². The molecule has 10 heteroatoms. The van der Waals surface area contributed by atoms with Gasteiger partial charge in [0.15, 0.2) is 11.5 Å². The predicted octanol–water partition coefficient (Wildman–Crippen LogP) is 3.30. The topological polar surface area (TPSA) is 88.6 Å². The number of nitrogens with zero attached hydrogens (tertiary/aromatic N) is 3. The molecule has 1 saturated heterocycles. The fourth-order valence-corrected chi connectivity index (χ4v) is 5.66. The van der Waals surface area contributed by atoms with Crippen LogP contribution in [0.25, 0.3) is 0 Å². The first-order chi connectivity index (χ1) is 17.8. The van der Waals surface area contributed by atoms with Gasteiger partial charge in [0.2, 0.25) is 0 Å². The van der Waals surface area contributed by atoms with E-state index in [-0.39, 0.29) is 18.6 Å². The SMILES string of the molecule is CCN1CCN(c2cccc3c2CN([C@H](CCCOS(C)(=O)=O)c2ccc(OC)c(OC)c2)C3=O)CC1. The largest absolute Gasteiger partial charge is 0.493 e. The smallest absolute Gasteiger partial charge is 0.264 e. The number of anilines is 1. The molecular weight excluding hydrogens is 494 g/mol. The molecule has 9 nitrogen and oxygen atoms in total. The Labute approximate surface area is 220 Å². The molecule has 2 aliphatic rings. The Morgan fingerprint density at radius 3 is 2.38 bits per heavy atom. The first-order valence-corrected chi connectivity index (χ1v) is 14.5. The van der Waals surface area contributed by atoms with E-state index in [1.54, 1.807) is 14.2 Å². The van der Waals surface area contributed by atoms with E-state index < -0.39 is 10.1 Å². The number of piperazine rings is 1. The highest BCUT2D eigenvalue weighted by molar-refractivity contribution is 7.85. The maximum atomic E-state index is 13.7. The first kappa shape index (κ1) is 27.2. The molecule has 4 rings (SSSR count). The minimum Gasteiger partial charge on any atom is -0.493 e. The summed E-state index contributed by atoms with van der Waals surface area (Å²) in [5, 5.41) is 0. The van der Waals surface area contributed by atoms with Crippen molar-refractivity contribution < 1.29 is 26.9 Å². The zero-order chi connectivity index (χ0) is 26.6. The molecule has 2 aromatic carbocycles. The van der Waals surface area contributed by atoms with Gasteiger partial charge in [0.25, 0.3) is 16.0 Å². The van der Waals surface area contributed by atoms with Crippen molar-refractivity contribution >= 4 is 21.7 Å². The Kier molecular flexibility index (Phi) is 8.61. The summed E-state index contributed by atoms with van der Waals surface area (Å²) >= 11 is 0. The van der Waals surface area contributed by atoms with Crippen molar-refractivity contribution in [2.45, 2.75) is 32.4 Å². The number of likely N-dealkylation sites (N-methyl/N-ethyl adjacent to an activating group) is 1. The lowest BCUT2D eigenvalue weighted by molar-refractivity contribution is 0.0684. The lowest BCUT2D eigenvalue weighted by atomic mass is 9.99. The zero-order valence-corrected chi connectivity index (χ0v) is 22.9. The standard InChI is InChI=1S/C27H37N3O6S/c1-5-28-13-15-29(16-14-28)24-9-6-8-21-22(24)19-30(27(21)31)23(10-7-17-36-37(4,32)33)20-11-12-25(34-2)26(18-20)35-3/h6,8-9,11-12,18,23H,5,7,10,13-17,19H2,1-4H3/t23-/m1/s1. The third-order valence-electron chi connectivity index (χ3n) is 7.22. The Morgan fingerprint density at radius 1 is 1.00 bits per heavy atom. The molecule has 2 aliphatic heterocycles. The van der Waals surface area contributed by atoms with Gasteiger partial charge in [-0.15, -0.1) is 0 Å². The molecule has 0 radical (unpaired) electrons. The van der Waals surface area contributed by atoms with Crippen LogP contribution in [0.2, 0.25) is 0 Å². The highest BCUT2D eigenvalue weighted by Gasteiger charge is 2.36. The maximum absolute atomic E-state index is 13.7. The van der Waals surface area contributed by atoms with Crippen LogP contribution in [0.1, 0.15) is 47.3 Å². The van der Waals surface area contributed by atoms with Crippen molar-refractivity contribution in [3.05, 3.63) is 53.1 Å². The van der Waals surface area contributed by atoms with Gasteiger partial charge in [0.05, 0.1) is 33.1 Å². The number of carbonyl (C=O) groups is 1. The summed E-state index contributed by atoms with van der Waals surface area (Å²) in [7, 11) is -0.365. The molecule has 37 heavy (non-hydrogen) atoms. The minimum absolute atomic E-state index is 0.0205. The van der Waals surface area contributed by atoms with Gasteiger partial charge in [0, 0.05) is 49.5 Å². The molecule has 0 N–H and O–H groups in total. The molecule has 2 aromatic rings. The summed E-state index contributed by atoms with van der Waals surface area (Å²) in [6.45, 7) is 7.65. The number of benzene rings is 2. The Balaban J connectivity index is 1.62. The van der Waals surface area contributed by atoms with Crippen LogP contribution in [0.15, 0.2) is 36.4 Å². The summed E-state index contributed by atoms with van der Waals surface area (Å²) in [4.78, 5) is 20.4. The summed E-state index contributed by atoms with van der Waals surface area (Å²) in [6.07, 6.45) is 2.05. The normalized spacial score (nSPS) is 17.1. The van der Waals surface area contributed by atoms with Crippen molar-refractivity contribution in [1.82, 2.24) is 9.80 Å². The molecule has 2 heterocycles. The first-order valence-electron chi connectivity index (χ1n) is 12.7. The lowest BCUT2D eigenvalue weighted by Crippen LogP contribution is -2.46. The fourth-order valence-electron chi connectivity index (χ4n) is 5.24. The number of methoxy groups -OCH3 is 2. The van der Waals surface area contributed by atoms with Gasteiger partial charge in [-0.2, -0.15) is 8.42 Å². The van der Waals surface area contributed by atoms with E-state index >= 15 is 0 Å². The fraction of sp³-hybridized carbons (Fsp3) is 0.519. The highest BCUT2D eigenvalue weighted by atomic mass is 32.2. The van der Waals surface area contributed by atoms with Crippen molar-refractivity contribution in [2.75, 3.05) is 64.7 Å². The Bertz CT molecular complexity index is 1210. The average Bonchev–Trinajstić information content (AvgIpc) is 3.24. The summed E-state index contributed by atoms with van der Waals surface area (Å²) in [5.74, 6) is 1.17. The summed E-state index contributed by atoms with van der Waals surface area (Å²) < 4.78 is 38.8. The van der Waals surface area contributed by atoms with E-state index in [9.17, 15) is 13.2 Å². The van der Waals surface area contributed by atoms with Crippen molar-refractivity contribution in [3.8, 4) is 11.5 Å². The van der Waals surface area contributed by atoms with E-state index in [0.717, 1.165) is 61.4 Å². The number of hydrogen-bond acceptors (Lipinski definition) is 8. The molecular formula is C27H37N3O6S. The van der Waals surface area contributed by atoms with E-state index in [1.165, 1.54) is 0 Å². The summed E-state index contributed by atoms with van der Waals surface area (Å²) in [6, 6.07) is 11.4. The van der Waals surface area contributed by atoms with Gasteiger partial charge in [-0.25, -0.2) is 0 Å². The maximum Gasteiger partial charge on any atom is 0.264 e. The lowest BCUT2D eigenvalue weighted by Gasteiger charge is -2.36. The average molecular weight is 532 g/mol. The van der Waals surface area contributed by atoms with E-state index in [4.69, 9.17) is 13.7 Å². The minimum atomic E-state index is -3.53. The zero-order valence-electron chi connectivity index (χ0n) is 22.1. The van der Waals surface area contributed by atoms with Gasteiger partial charge < -0.3 is 24.2 Å². The monoisotopic (exact) mass is 531 g/mol. The number of carbonyl (C=O) groups excluding carboxylic acids is 1. The van der Waals surface area contributed by atoms with Crippen LogP contribution >= 0.6 is 0 Å². The van der Waals surface area contributed by atoms with E-state index in [2.05, 4.69) is 22.8 Å². The molecule has 0 saturated carbocycles. The van der Waals surface area contributed by atoms with Crippen LogP contribution in [0, 0.1) is 0 Å². The second-order valence-electron chi connectivity index (χ2n) is 9.46. The van der Waals surface area contributed by atoms with E-state index in [1.807, 2.05) is 35.2 Å². The molecule has 0 unspecified atom stereocenters. The van der Waals surface area contributed by atoms with Crippen LogP contribution in [0.5, 0.6) is 11.5 Å². The van der Waals surface area contributed by atoms with Crippen molar-refractivity contribution in [1.29, 1.82) is 0 Å². The van der Waals surface area contributed by atoms with Crippen LogP contribution in [0.4, 0.5) is 5.69 Å². The molecule has 1 atom stereocenters. The quantitative estimate of drug-likeness (QED) is 0.322. The Hall–Kier alpha value is -2.82. The second kappa shape index (κ2) is 11.7. The molecule has 1 fully saturated rings. The number of amides is 1. The van der Waals surface area contributed by atoms with Gasteiger partial charge in [-0.05, 0) is 49.2 Å². The van der Waals surface area contributed by atoms with Crippen LogP contribution in [0.3, 0.4) is 0 Å². The van der Waals surface area contributed by atoms with Crippen LogP contribution in [-0.2, 0) is 20.8 Å². The predicted molar refractivity (Wildman–Crippen MR) is 143 cm³/mol.